The third kappa shape index (κ3) is 6.48. The van der Waals surface area contributed by atoms with Crippen molar-refractivity contribution >= 4 is 41.1 Å². The quantitative estimate of drug-likeness (QED) is 0.248. The number of hydrogen-bond acceptors (Lipinski definition) is 10. The SMILES string of the molecule is C=CC(=O)Nc1ccc(F)c(Nc2nc(N/C(C=NC)=C/N)ncc2-c2ccc(N3CCOCC3)nc2)c1. The number of rotatable bonds is 9. The van der Waals surface area contributed by atoms with Crippen LogP contribution in [0.25, 0.3) is 11.1 Å². The van der Waals surface area contributed by atoms with Gasteiger partial charge in [0.1, 0.15) is 17.5 Å². The van der Waals surface area contributed by atoms with Crippen LogP contribution in [0.3, 0.4) is 0 Å². The van der Waals surface area contributed by atoms with Gasteiger partial charge in [0.05, 0.1) is 24.6 Å². The lowest BCUT2D eigenvalue weighted by molar-refractivity contribution is -0.111. The standard InChI is InChI=1S/C26H28FN9O2/c1-3-24(37)32-18-5-6-21(27)22(12-18)34-25-20(16-31-26(35-25)33-19(13-28)15-29-2)17-4-7-23(30-14-17)36-8-10-38-11-9-36/h3-7,12-16H,1,8-11,28H2,2H3,(H,32,37)(H2,31,33,34,35)/b19-13+,29-15?. The van der Waals surface area contributed by atoms with E-state index in [9.17, 15) is 9.18 Å². The zero-order chi connectivity index (χ0) is 26.9. The summed E-state index contributed by atoms with van der Waals surface area (Å²) in [6, 6.07) is 7.97. The van der Waals surface area contributed by atoms with Crippen molar-refractivity contribution in [3.63, 3.8) is 0 Å². The number of morpholine rings is 1. The summed E-state index contributed by atoms with van der Waals surface area (Å²) >= 11 is 0. The van der Waals surface area contributed by atoms with Gasteiger partial charge in [-0.1, -0.05) is 6.58 Å². The van der Waals surface area contributed by atoms with Crippen LogP contribution in [0.2, 0.25) is 0 Å². The van der Waals surface area contributed by atoms with Gasteiger partial charge in [-0.25, -0.2) is 14.4 Å². The van der Waals surface area contributed by atoms with E-state index >= 15 is 0 Å². The van der Waals surface area contributed by atoms with Crippen molar-refractivity contribution in [3.8, 4) is 11.1 Å². The number of carbonyl (C=O) groups excluding carboxylic acids is 1. The van der Waals surface area contributed by atoms with Crippen LogP contribution in [-0.2, 0) is 9.53 Å². The number of allylic oxidation sites excluding steroid dienone is 1. The number of aliphatic imine (C=N–C) groups is 1. The van der Waals surface area contributed by atoms with Gasteiger partial charge >= 0.3 is 0 Å². The van der Waals surface area contributed by atoms with Crippen molar-refractivity contribution in [2.24, 2.45) is 10.7 Å². The van der Waals surface area contributed by atoms with Crippen molar-refractivity contribution in [2.75, 3.05) is 54.2 Å². The molecule has 0 saturated carbocycles. The van der Waals surface area contributed by atoms with Crippen LogP contribution in [0.15, 0.2) is 72.3 Å². The molecule has 0 aliphatic carbocycles. The monoisotopic (exact) mass is 517 g/mol. The molecule has 0 bridgehead atoms. The van der Waals surface area contributed by atoms with Crippen molar-refractivity contribution in [3.05, 3.63) is 73.1 Å². The molecular formula is C26H28FN9O2. The Hall–Kier alpha value is -4.84. The fourth-order valence-corrected chi connectivity index (χ4v) is 3.68. The fourth-order valence-electron chi connectivity index (χ4n) is 3.68. The highest BCUT2D eigenvalue weighted by Gasteiger charge is 2.16. The Morgan fingerprint density at radius 2 is 2.00 bits per heavy atom. The maximum atomic E-state index is 14.8. The summed E-state index contributed by atoms with van der Waals surface area (Å²) in [5.74, 6) is 0.393. The van der Waals surface area contributed by atoms with E-state index in [1.54, 1.807) is 19.4 Å². The van der Waals surface area contributed by atoms with E-state index < -0.39 is 11.7 Å². The highest BCUT2D eigenvalue weighted by atomic mass is 19.1. The number of aromatic nitrogens is 3. The van der Waals surface area contributed by atoms with E-state index in [2.05, 4.69) is 47.4 Å². The van der Waals surface area contributed by atoms with Gasteiger partial charge in [0.2, 0.25) is 11.9 Å². The summed E-state index contributed by atoms with van der Waals surface area (Å²) in [7, 11) is 1.61. The molecule has 1 fully saturated rings. The zero-order valence-electron chi connectivity index (χ0n) is 20.8. The van der Waals surface area contributed by atoms with Crippen LogP contribution < -0.4 is 26.6 Å². The second-order valence-corrected chi connectivity index (χ2v) is 8.11. The third-order valence-electron chi connectivity index (χ3n) is 5.56. The number of ether oxygens (including phenoxy) is 1. The first kappa shape index (κ1) is 26.2. The Kier molecular flexibility index (Phi) is 8.57. The maximum Gasteiger partial charge on any atom is 0.247 e. The molecule has 12 heteroatoms. The van der Waals surface area contributed by atoms with Gasteiger partial charge in [0.15, 0.2) is 0 Å². The molecule has 4 rings (SSSR count). The lowest BCUT2D eigenvalue weighted by Crippen LogP contribution is -2.36. The lowest BCUT2D eigenvalue weighted by atomic mass is 10.1. The van der Waals surface area contributed by atoms with Gasteiger partial charge in [-0.2, -0.15) is 4.98 Å². The molecule has 196 valence electrons. The van der Waals surface area contributed by atoms with E-state index in [0.717, 1.165) is 30.5 Å². The minimum absolute atomic E-state index is 0.0976. The minimum Gasteiger partial charge on any atom is -0.403 e. The van der Waals surface area contributed by atoms with Gasteiger partial charge in [-0.3, -0.25) is 9.79 Å². The van der Waals surface area contributed by atoms with Gasteiger partial charge in [-0.05, 0) is 36.4 Å². The first-order valence-corrected chi connectivity index (χ1v) is 11.8. The molecule has 5 N–H and O–H groups in total. The molecule has 1 aliphatic heterocycles. The van der Waals surface area contributed by atoms with Gasteiger partial charge in [-0.15, -0.1) is 0 Å². The second kappa shape index (κ2) is 12.4. The number of nitrogens with one attached hydrogen (secondary N) is 3. The predicted octanol–water partition coefficient (Wildman–Crippen LogP) is 3.30. The molecule has 11 nitrogen and oxygen atoms in total. The van der Waals surface area contributed by atoms with Crippen LogP contribution in [0.4, 0.5) is 33.3 Å². The Labute approximate surface area is 219 Å². The van der Waals surface area contributed by atoms with E-state index in [4.69, 9.17) is 10.5 Å². The van der Waals surface area contributed by atoms with Gasteiger partial charge in [0, 0.05) is 61.8 Å². The number of anilines is 5. The summed E-state index contributed by atoms with van der Waals surface area (Å²) in [4.78, 5) is 31.4. The average Bonchev–Trinajstić information content (AvgIpc) is 2.95. The molecule has 38 heavy (non-hydrogen) atoms. The Balaban J connectivity index is 1.70. The van der Waals surface area contributed by atoms with Crippen molar-refractivity contribution in [1.29, 1.82) is 0 Å². The van der Waals surface area contributed by atoms with Crippen molar-refractivity contribution in [2.45, 2.75) is 0 Å². The van der Waals surface area contributed by atoms with Crippen LogP contribution in [0, 0.1) is 5.82 Å². The molecule has 3 aromatic rings. The maximum absolute atomic E-state index is 14.8. The predicted molar refractivity (Wildman–Crippen MR) is 147 cm³/mol. The van der Waals surface area contributed by atoms with E-state index in [0.29, 0.717) is 36.0 Å². The third-order valence-corrected chi connectivity index (χ3v) is 5.56. The normalized spacial score (nSPS) is 13.8. The Bertz CT molecular complexity index is 1350. The summed E-state index contributed by atoms with van der Waals surface area (Å²) in [6.07, 6.45) is 7.29. The molecular weight excluding hydrogens is 489 g/mol. The summed E-state index contributed by atoms with van der Waals surface area (Å²) < 4.78 is 20.2. The molecule has 0 unspecified atom stereocenters. The van der Waals surface area contributed by atoms with Crippen molar-refractivity contribution < 1.29 is 13.9 Å². The summed E-state index contributed by atoms with van der Waals surface area (Å²) in [6.45, 7) is 6.27. The van der Waals surface area contributed by atoms with Gasteiger partial charge < -0.3 is 31.3 Å². The minimum atomic E-state index is -0.540. The number of amides is 1. The van der Waals surface area contributed by atoms with E-state index in [1.165, 1.54) is 30.6 Å². The van der Waals surface area contributed by atoms with E-state index in [1.807, 2.05) is 12.1 Å². The molecule has 0 atom stereocenters. The number of pyridine rings is 1. The first-order chi connectivity index (χ1) is 18.5. The van der Waals surface area contributed by atoms with Crippen LogP contribution in [0.1, 0.15) is 0 Å². The Morgan fingerprint density at radius 1 is 1.18 bits per heavy atom. The molecule has 3 heterocycles. The van der Waals surface area contributed by atoms with Crippen LogP contribution >= 0.6 is 0 Å². The van der Waals surface area contributed by atoms with Crippen molar-refractivity contribution in [1.82, 2.24) is 15.0 Å². The van der Waals surface area contributed by atoms with Gasteiger partial charge in [0.25, 0.3) is 0 Å². The highest BCUT2D eigenvalue weighted by molar-refractivity contribution is 5.99. The molecule has 0 spiro atoms. The van der Waals surface area contributed by atoms with Crippen LogP contribution in [0.5, 0.6) is 0 Å². The molecule has 1 aliphatic rings. The number of hydrogen-bond donors (Lipinski definition) is 4. The lowest BCUT2D eigenvalue weighted by Gasteiger charge is -2.27. The van der Waals surface area contributed by atoms with Crippen LogP contribution in [-0.4, -0.2) is 60.4 Å². The number of nitrogens with zero attached hydrogens (tertiary/aromatic N) is 5. The smallest absolute Gasteiger partial charge is 0.247 e. The first-order valence-electron chi connectivity index (χ1n) is 11.8. The number of carbonyl (C=O) groups is 1. The largest absolute Gasteiger partial charge is 0.403 e. The summed E-state index contributed by atoms with van der Waals surface area (Å²) in [5.41, 5.74) is 7.92. The number of nitrogens with two attached hydrogens (primary N) is 1. The summed E-state index contributed by atoms with van der Waals surface area (Å²) in [5, 5.41) is 8.62. The Morgan fingerprint density at radius 3 is 2.68 bits per heavy atom. The molecule has 1 saturated heterocycles. The number of halogens is 1. The topological polar surface area (TPSA) is 143 Å². The molecule has 2 aromatic heterocycles. The molecule has 0 radical (unpaired) electrons. The molecule has 1 amide bonds. The fraction of sp³-hybridized carbons (Fsp3) is 0.192. The zero-order valence-corrected chi connectivity index (χ0v) is 20.8. The highest BCUT2D eigenvalue weighted by Crippen LogP contribution is 2.32. The second-order valence-electron chi connectivity index (χ2n) is 8.11. The number of benzene rings is 1. The van der Waals surface area contributed by atoms with E-state index in [-0.39, 0.29) is 11.6 Å². The average molecular weight is 518 g/mol. The molecule has 1 aromatic carbocycles.